The van der Waals surface area contributed by atoms with Crippen molar-refractivity contribution >= 4 is 23.3 Å². The standard InChI is InChI=1S/C15H22N2O3S/c1-15(2,3)20-14(19)17-7-4-5-12(9-17)16-13(18)11-6-8-21-10-11/h6,8,10,12H,4-5,7,9H2,1-3H3,(H,16,18)/t12-/m1/s1. The van der Waals surface area contributed by atoms with Crippen molar-refractivity contribution in [3.63, 3.8) is 0 Å². The molecule has 1 aliphatic heterocycles. The molecule has 1 atom stereocenters. The molecule has 5 nitrogen and oxygen atoms in total. The number of carbonyl (C=O) groups is 2. The van der Waals surface area contributed by atoms with Crippen LogP contribution in [-0.2, 0) is 4.74 Å². The van der Waals surface area contributed by atoms with Gasteiger partial charge in [-0.3, -0.25) is 4.79 Å². The smallest absolute Gasteiger partial charge is 0.410 e. The number of likely N-dealkylation sites (tertiary alicyclic amines) is 1. The van der Waals surface area contributed by atoms with Crippen molar-refractivity contribution in [2.75, 3.05) is 13.1 Å². The Morgan fingerprint density at radius 3 is 2.81 bits per heavy atom. The Morgan fingerprint density at radius 2 is 2.19 bits per heavy atom. The molecular weight excluding hydrogens is 288 g/mol. The highest BCUT2D eigenvalue weighted by Crippen LogP contribution is 2.16. The van der Waals surface area contributed by atoms with E-state index in [0.717, 1.165) is 12.8 Å². The Hall–Kier alpha value is -1.56. The van der Waals surface area contributed by atoms with Crippen molar-refractivity contribution in [3.05, 3.63) is 22.4 Å². The number of nitrogens with one attached hydrogen (secondary N) is 1. The fourth-order valence-electron chi connectivity index (χ4n) is 2.25. The molecular formula is C15H22N2O3S. The molecule has 1 saturated heterocycles. The zero-order chi connectivity index (χ0) is 15.5. The minimum absolute atomic E-state index is 0.0151. The lowest BCUT2D eigenvalue weighted by molar-refractivity contribution is 0.0185. The maximum atomic E-state index is 12.1. The second-order valence-electron chi connectivity index (χ2n) is 6.25. The summed E-state index contributed by atoms with van der Waals surface area (Å²) in [5.74, 6) is -0.0766. The number of carbonyl (C=O) groups excluding carboxylic acids is 2. The molecule has 0 saturated carbocycles. The molecule has 2 rings (SSSR count). The van der Waals surface area contributed by atoms with Crippen LogP contribution in [0.1, 0.15) is 44.0 Å². The van der Waals surface area contributed by atoms with E-state index in [0.29, 0.717) is 18.7 Å². The first kappa shape index (κ1) is 15.8. The molecule has 0 bridgehead atoms. The number of thiophene rings is 1. The van der Waals surface area contributed by atoms with Gasteiger partial charge < -0.3 is 15.0 Å². The van der Waals surface area contributed by atoms with E-state index in [2.05, 4.69) is 5.32 Å². The van der Waals surface area contributed by atoms with Gasteiger partial charge in [-0.15, -0.1) is 0 Å². The van der Waals surface area contributed by atoms with E-state index >= 15 is 0 Å². The lowest BCUT2D eigenvalue weighted by Gasteiger charge is -2.34. The van der Waals surface area contributed by atoms with Crippen molar-refractivity contribution in [2.45, 2.75) is 45.3 Å². The van der Waals surface area contributed by atoms with E-state index in [-0.39, 0.29) is 18.0 Å². The van der Waals surface area contributed by atoms with Gasteiger partial charge in [0.1, 0.15) is 5.60 Å². The Balaban J connectivity index is 1.89. The summed E-state index contributed by atoms with van der Waals surface area (Å²) in [5, 5.41) is 6.69. The van der Waals surface area contributed by atoms with Crippen LogP contribution in [0, 0.1) is 0 Å². The van der Waals surface area contributed by atoms with Crippen molar-refractivity contribution in [1.82, 2.24) is 10.2 Å². The zero-order valence-corrected chi connectivity index (χ0v) is 13.5. The average molecular weight is 310 g/mol. The molecule has 0 radical (unpaired) electrons. The SMILES string of the molecule is CC(C)(C)OC(=O)N1CCC[C@@H](NC(=O)c2ccsc2)C1. The first-order valence-electron chi connectivity index (χ1n) is 7.16. The Bertz CT molecular complexity index is 494. The van der Waals surface area contributed by atoms with Crippen LogP contribution in [0.2, 0.25) is 0 Å². The Labute approximate surface area is 129 Å². The molecule has 21 heavy (non-hydrogen) atoms. The van der Waals surface area contributed by atoms with Crippen molar-refractivity contribution in [1.29, 1.82) is 0 Å². The fraction of sp³-hybridized carbons (Fsp3) is 0.600. The molecule has 1 N–H and O–H groups in total. The van der Waals surface area contributed by atoms with Crippen molar-refractivity contribution in [2.24, 2.45) is 0 Å². The number of rotatable bonds is 2. The predicted octanol–water partition coefficient (Wildman–Crippen LogP) is 2.88. The lowest BCUT2D eigenvalue weighted by atomic mass is 10.1. The number of hydrogen-bond acceptors (Lipinski definition) is 4. The number of amides is 2. The zero-order valence-electron chi connectivity index (χ0n) is 12.7. The van der Waals surface area contributed by atoms with E-state index in [1.165, 1.54) is 11.3 Å². The van der Waals surface area contributed by atoms with Gasteiger partial charge in [0.2, 0.25) is 0 Å². The highest BCUT2D eigenvalue weighted by Gasteiger charge is 2.28. The molecule has 1 aromatic heterocycles. The van der Waals surface area contributed by atoms with E-state index in [4.69, 9.17) is 4.74 Å². The number of hydrogen-bond donors (Lipinski definition) is 1. The van der Waals surface area contributed by atoms with Crippen LogP contribution >= 0.6 is 11.3 Å². The molecule has 6 heteroatoms. The highest BCUT2D eigenvalue weighted by atomic mass is 32.1. The molecule has 0 aliphatic carbocycles. The van der Waals surface area contributed by atoms with Crippen molar-refractivity contribution in [3.8, 4) is 0 Å². The molecule has 0 spiro atoms. The maximum absolute atomic E-state index is 12.1. The van der Waals surface area contributed by atoms with Gasteiger partial charge in [-0.25, -0.2) is 4.79 Å². The first-order chi connectivity index (χ1) is 9.85. The van der Waals surface area contributed by atoms with Crippen LogP contribution in [-0.4, -0.2) is 41.6 Å². The third-order valence-corrected chi connectivity index (χ3v) is 3.87. The quantitative estimate of drug-likeness (QED) is 0.914. The van der Waals surface area contributed by atoms with Gasteiger partial charge in [-0.2, -0.15) is 11.3 Å². The third-order valence-electron chi connectivity index (χ3n) is 3.19. The first-order valence-corrected chi connectivity index (χ1v) is 8.10. The molecule has 1 aliphatic rings. The van der Waals surface area contributed by atoms with Gasteiger partial charge >= 0.3 is 6.09 Å². The van der Waals surface area contributed by atoms with Crippen molar-refractivity contribution < 1.29 is 14.3 Å². The summed E-state index contributed by atoms with van der Waals surface area (Å²) in [5.41, 5.74) is 0.179. The van der Waals surface area contributed by atoms with E-state index in [1.54, 1.807) is 11.0 Å². The summed E-state index contributed by atoms with van der Waals surface area (Å²) in [6, 6.07) is 1.78. The molecule has 0 unspecified atom stereocenters. The summed E-state index contributed by atoms with van der Waals surface area (Å²) >= 11 is 1.50. The van der Waals surface area contributed by atoms with Gasteiger partial charge in [0.25, 0.3) is 5.91 Å². The van der Waals surface area contributed by atoms with Crippen LogP contribution in [0.4, 0.5) is 4.79 Å². The Morgan fingerprint density at radius 1 is 1.43 bits per heavy atom. The molecule has 0 aromatic carbocycles. The van der Waals surface area contributed by atoms with E-state index < -0.39 is 5.60 Å². The second-order valence-corrected chi connectivity index (χ2v) is 7.03. The maximum Gasteiger partial charge on any atom is 0.410 e. The number of ether oxygens (including phenoxy) is 1. The third kappa shape index (κ3) is 4.74. The summed E-state index contributed by atoms with van der Waals surface area (Å²) in [6.07, 6.45) is 1.44. The summed E-state index contributed by atoms with van der Waals surface area (Å²) < 4.78 is 5.38. The second kappa shape index (κ2) is 6.47. The largest absolute Gasteiger partial charge is 0.444 e. The molecule has 1 aromatic rings. The van der Waals surface area contributed by atoms with Crippen LogP contribution < -0.4 is 5.32 Å². The monoisotopic (exact) mass is 310 g/mol. The number of piperidine rings is 1. The van der Waals surface area contributed by atoms with Gasteiger partial charge in [0, 0.05) is 30.1 Å². The molecule has 116 valence electrons. The number of nitrogens with zero attached hydrogens (tertiary/aromatic N) is 1. The average Bonchev–Trinajstić information content (AvgIpc) is 2.91. The fourth-order valence-corrected chi connectivity index (χ4v) is 2.89. The van der Waals surface area contributed by atoms with Gasteiger partial charge in [-0.05, 0) is 45.1 Å². The van der Waals surface area contributed by atoms with Gasteiger partial charge in [0.15, 0.2) is 0 Å². The van der Waals surface area contributed by atoms with Crippen LogP contribution in [0.15, 0.2) is 16.8 Å². The minimum Gasteiger partial charge on any atom is -0.444 e. The predicted molar refractivity (Wildman–Crippen MR) is 82.6 cm³/mol. The van der Waals surface area contributed by atoms with Gasteiger partial charge in [0.05, 0.1) is 0 Å². The van der Waals surface area contributed by atoms with E-state index in [1.807, 2.05) is 31.5 Å². The minimum atomic E-state index is -0.496. The van der Waals surface area contributed by atoms with Crippen LogP contribution in [0.3, 0.4) is 0 Å². The highest BCUT2D eigenvalue weighted by molar-refractivity contribution is 7.08. The van der Waals surface area contributed by atoms with Gasteiger partial charge in [-0.1, -0.05) is 0 Å². The summed E-state index contributed by atoms with van der Waals surface area (Å²) in [7, 11) is 0. The molecule has 2 heterocycles. The normalized spacial score (nSPS) is 19.2. The summed E-state index contributed by atoms with van der Waals surface area (Å²) in [6.45, 7) is 6.74. The van der Waals surface area contributed by atoms with Crippen LogP contribution in [0.25, 0.3) is 0 Å². The molecule has 1 fully saturated rings. The van der Waals surface area contributed by atoms with Crippen LogP contribution in [0.5, 0.6) is 0 Å². The topological polar surface area (TPSA) is 58.6 Å². The van der Waals surface area contributed by atoms with E-state index in [9.17, 15) is 9.59 Å². The summed E-state index contributed by atoms with van der Waals surface area (Å²) in [4.78, 5) is 25.8. The Kier molecular flexibility index (Phi) is 4.88. The lowest BCUT2D eigenvalue weighted by Crippen LogP contribution is -2.50. The molecule has 2 amide bonds.